The number of unbranched alkanes of at least 4 members (excludes halogenated alkanes) is 29. The van der Waals surface area contributed by atoms with Crippen molar-refractivity contribution in [3.05, 3.63) is 12.2 Å². The second-order valence-corrected chi connectivity index (χ2v) is 18.7. The van der Waals surface area contributed by atoms with Crippen LogP contribution in [0.1, 0.15) is 219 Å². The van der Waals surface area contributed by atoms with Gasteiger partial charge in [0.15, 0.2) is 0 Å². The number of amides is 1. The summed E-state index contributed by atoms with van der Waals surface area (Å²) in [5, 5.41) is 64.0. The number of hydrogen-bond acceptors (Lipinski definition) is 10. The van der Waals surface area contributed by atoms with Gasteiger partial charge in [-0.25, -0.2) is 4.57 Å². The Kier molecular flexibility index (Phi) is 34.8. The van der Waals surface area contributed by atoms with E-state index in [0.717, 1.165) is 44.9 Å². The third-order valence-electron chi connectivity index (χ3n) is 11.8. The molecule has 0 bridgehead atoms. The summed E-state index contributed by atoms with van der Waals surface area (Å²) in [7, 11) is -5.07. The van der Waals surface area contributed by atoms with Crippen molar-refractivity contribution >= 4 is 13.7 Å². The van der Waals surface area contributed by atoms with Crippen LogP contribution in [0, 0.1) is 0 Å². The van der Waals surface area contributed by atoms with Gasteiger partial charge in [-0.05, 0) is 19.3 Å². The molecule has 0 heterocycles. The number of carbonyl (C=O) groups excluding carboxylic acids is 1. The number of nitrogens with one attached hydrogen (secondary N) is 1. The first-order valence-electron chi connectivity index (χ1n) is 24.1. The van der Waals surface area contributed by atoms with Crippen molar-refractivity contribution in [2.45, 2.75) is 268 Å². The Morgan fingerprint density at radius 3 is 1.29 bits per heavy atom. The minimum atomic E-state index is -5.07. The Hall–Kier alpha value is -0.920. The molecule has 1 amide bonds. The molecule has 0 radical (unpaired) electrons. The molecule has 1 aliphatic rings. The average Bonchev–Trinajstić information content (AvgIpc) is 3.22. The maximum Gasteiger partial charge on any atom is 0.472 e. The van der Waals surface area contributed by atoms with Crippen molar-refractivity contribution in [1.82, 2.24) is 5.32 Å². The molecule has 0 aromatic heterocycles. The molecular weight excluding hydrogens is 773 g/mol. The second-order valence-electron chi connectivity index (χ2n) is 17.3. The van der Waals surface area contributed by atoms with Crippen LogP contribution in [0.15, 0.2) is 12.2 Å². The number of hydrogen-bond donors (Lipinski definition) is 8. The van der Waals surface area contributed by atoms with Crippen molar-refractivity contribution in [2.24, 2.45) is 0 Å². The molecule has 1 aliphatic carbocycles. The maximum absolute atomic E-state index is 13.0. The highest BCUT2D eigenvalue weighted by Gasteiger charge is 2.51. The fourth-order valence-corrected chi connectivity index (χ4v) is 8.81. The lowest BCUT2D eigenvalue weighted by atomic mass is 9.85. The lowest BCUT2D eigenvalue weighted by Gasteiger charge is -2.41. The van der Waals surface area contributed by atoms with Crippen molar-refractivity contribution in [1.29, 1.82) is 0 Å². The fraction of sp³-hybridized carbons (Fsp3) is 0.935. The van der Waals surface area contributed by atoms with Gasteiger partial charge in [0.1, 0.15) is 36.6 Å². The van der Waals surface area contributed by atoms with E-state index in [-0.39, 0.29) is 12.3 Å². The van der Waals surface area contributed by atoms with E-state index >= 15 is 0 Å². The molecule has 8 N–H and O–H groups in total. The standard InChI is InChI=1S/C46H90NO11P/c1-3-5-7-9-11-13-15-17-19-20-22-24-26-28-30-32-34-36-40(49)47-38(37-57-59(55,56)58-46-44(53)42(51)41(50)43(52)45(46)54)39(48)35-33-31-29-27-25-23-21-18-16-14-12-10-8-6-4-2/h33,35,38-39,41-46,48,50-54H,3-32,34,36-37H2,1-2H3,(H,47,49)(H,55,56)/b35-33+/t38-,39+,41?,42+,43?,44?,45?,46?/m0/s1. The van der Waals surface area contributed by atoms with Crippen LogP contribution in [0.5, 0.6) is 0 Å². The zero-order chi connectivity index (χ0) is 43.6. The van der Waals surface area contributed by atoms with E-state index in [4.69, 9.17) is 9.05 Å². The van der Waals surface area contributed by atoms with Crippen molar-refractivity contribution in [3.8, 4) is 0 Å². The summed E-state index contributed by atoms with van der Waals surface area (Å²) in [5.41, 5.74) is 0. The molecule has 1 saturated carbocycles. The molecule has 0 aromatic rings. The number of rotatable bonds is 40. The van der Waals surface area contributed by atoms with E-state index in [1.165, 1.54) is 154 Å². The largest absolute Gasteiger partial charge is 0.472 e. The molecule has 9 atom stereocenters. The summed E-state index contributed by atoms with van der Waals surface area (Å²) in [6.45, 7) is 3.85. The van der Waals surface area contributed by atoms with Crippen LogP contribution in [0.2, 0.25) is 0 Å². The van der Waals surface area contributed by atoms with E-state index < -0.39 is 63.2 Å². The molecule has 13 heteroatoms. The third-order valence-corrected chi connectivity index (χ3v) is 12.8. The average molecular weight is 864 g/mol. The van der Waals surface area contributed by atoms with Crippen LogP contribution >= 0.6 is 7.82 Å². The van der Waals surface area contributed by atoms with Gasteiger partial charge in [0.25, 0.3) is 0 Å². The predicted octanol–water partition coefficient (Wildman–Crippen LogP) is 9.23. The van der Waals surface area contributed by atoms with Crippen LogP contribution < -0.4 is 5.32 Å². The Labute approximate surface area is 359 Å². The third kappa shape index (κ3) is 28.4. The summed E-state index contributed by atoms with van der Waals surface area (Å²) in [5.74, 6) is -0.337. The highest BCUT2D eigenvalue weighted by molar-refractivity contribution is 7.47. The van der Waals surface area contributed by atoms with E-state index in [0.29, 0.717) is 6.42 Å². The first-order valence-corrected chi connectivity index (χ1v) is 25.6. The number of allylic oxidation sites excluding steroid dienone is 1. The normalized spacial score (nSPS) is 23.1. The minimum absolute atomic E-state index is 0.219. The van der Waals surface area contributed by atoms with Gasteiger partial charge in [0.05, 0.1) is 18.8 Å². The van der Waals surface area contributed by atoms with Gasteiger partial charge in [-0.3, -0.25) is 13.8 Å². The van der Waals surface area contributed by atoms with E-state index in [1.807, 2.05) is 6.08 Å². The Bertz CT molecular complexity index is 1050. The van der Waals surface area contributed by atoms with Gasteiger partial charge in [-0.15, -0.1) is 0 Å². The van der Waals surface area contributed by atoms with Crippen LogP contribution in [-0.4, -0.2) is 96.8 Å². The number of phosphoric acid groups is 1. The van der Waals surface area contributed by atoms with Gasteiger partial charge in [-0.2, -0.15) is 0 Å². The molecule has 59 heavy (non-hydrogen) atoms. The molecule has 0 aliphatic heterocycles. The summed E-state index contributed by atoms with van der Waals surface area (Å²) in [6.07, 6.45) is 28.5. The summed E-state index contributed by atoms with van der Waals surface area (Å²) >= 11 is 0. The summed E-state index contributed by atoms with van der Waals surface area (Å²) < 4.78 is 22.9. The highest BCUT2D eigenvalue weighted by atomic mass is 31.2. The number of aliphatic hydroxyl groups excluding tert-OH is 6. The van der Waals surface area contributed by atoms with Crippen molar-refractivity contribution in [3.63, 3.8) is 0 Å². The van der Waals surface area contributed by atoms with E-state index in [1.54, 1.807) is 0 Å². The molecule has 0 spiro atoms. The zero-order valence-electron chi connectivity index (χ0n) is 37.3. The van der Waals surface area contributed by atoms with Crippen LogP contribution in [-0.2, 0) is 18.4 Å². The zero-order valence-corrected chi connectivity index (χ0v) is 38.2. The van der Waals surface area contributed by atoms with E-state index in [2.05, 4.69) is 19.2 Å². The second kappa shape index (κ2) is 36.6. The first-order chi connectivity index (χ1) is 28.4. The smallest absolute Gasteiger partial charge is 0.387 e. The molecule has 12 nitrogen and oxygen atoms in total. The van der Waals surface area contributed by atoms with Gasteiger partial charge in [0, 0.05) is 6.42 Å². The molecule has 350 valence electrons. The van der Waals surface area contributed by atoms with Gasteiger partial charge >= 0.3 is 7.82 Å². The summed E-state index contributed by atoms with van der Waals surface area (Å²) in [4.78, 5) is 23.4. The minimum Gasteiger partial charge on any atom is -0.387 e. The molecule has 1 fully saturated rings. The van der Waals surface area contributed by atoms with Crippen molar-refractivity contribution in [2.75, 3.05) is 6.61 Å². The first kappa shape index (κ1) is 56.1. The monoisotopic (exact) mass is 864 g/mol. The predicted molar refractivity (Wildman–Crippen MR) is 237 cm³/mol. The molecule has 0 aromatic carbocycles. The van der Waals surface area contributed by atoms with Gasteiger partial charge in [0.2, 0.25) is 5.91 Å². The SMILES string of the molecule is CCCCCCCCCCCCCCC/C=C/[C@@H](O)[C@H](COP(=O)(O)OC1C(O)C(O)C(O)[C@@H](O)C1O)NC(=O)CCCCCCCCCCCCCCCCCCC. The molecule has 6 unspecified atom stereocenters. The Balaban J connectivity index is 2.47. The lowest BCUT2D eigenvalue weighted by Crippen LogP contribution is -2.64. The molecular formula is C46H90NO11P. The molecule has 1 rings (SSSR count). The topological polar surface area (TPSA) is 206 Å². The summed E-state index contributed by atoms with van der Waals surface area (Å²) in [6, 6.07) is -1.11. The number of carbonyl (C=O) groups is 1. The quantitative estimate of drug-likeness (QED) is 0.0166. The van der Waals surface area contributed by atoms with Gasteiger partial charge in [-0.1, -0.05) is 206 Å². The van der Waals surface area contributed by atoms with Crippen LogP contribution in [0.4, 0.5) is 0 Å². The van der Waals surface area contributed by atoms with Crippen LogP contribution in [0.3, 0.4) is 0 Å². The Morgan fingerprint density at radius 1 is 0.559 bits per heavy atom. The number of phosphoric ester groups is 1. The van der Waals surface area contributed by atoms with Gasteiger partial charge < -0.3 is 40.8 Å². The maximum atomic E-state index is 13.0. The van der Waals surface area contributed by atoms with Crippen molar-refractivity contribution < 1.29 is 53.9 Å². The van der Waals surface area contributed by atoms with E-state index in [9.17, 15) is 44.9 Å². The highest BCUT2D eigenvalue weighted by Crippen LogP contribution is 2.47. The number of aliphatic hydroxyl groups is 6. The Morgan fingerprint density at radius 2 is 0.898 bits per heavy atom. The molecule has 0 saturated heterocycles. The lowest BCUT2D eigenvalue weighted by molar-refractivity contribution is -0.220. The van der Waals surface area contributed by atoms with Crippen LogP contribution in [0.25, 0.3) is 0 Å². The fourth-order valence-electron chi connectivity index (χ4n) is 7.84.